The first-order valence-electron chi connectivity index (χ1n) is 3.73. The molecule has 2 amide bonds. The molecular weight excluding hydrogens is 170 g/mol. The SMILES string of the molecule is CON(C)C(=O)Nc1cccnc1. The molecule has 70 valence electrons. The average molecular weight is 181 g/mol. The Hall–Kier alpha value is -1.62. The number of pyridine rings is 1. The Morgan fingerprint density at radius 1 is 1.69 bits per heavy atom. The topological polar surface area (TPSA) is 54.5 Å². The minimum atomic E-state index is -0.337. The van der Waals surface area contributed by atoms with Gasteiger partial charge in [0.1, 0.15) is 0 Å². The van der Waals surface area contributed by atoms with Crippen molar-refractivity contribution in [1.82, 2.24) is 10.0 Å². The van der Waals surface area contributed by atoms with E-state index < -0.39 is 0 Å². The molecule has 0 saturated carbocycles. The first-order valence-corrected chi connectivity index (χ1v) is 3.73. The first-order chi connectivity index (χ1) is 6.24. The van der Waals surface area contributed by atoms with Crippen LogP contribution in [0.5, 0.6) is 0 Å². The quantitative estimate of drug-likeness (QED) is 0.695. The third-order valence-corrected chi connectivity index (χ3v) is 1.47. The van der Waals surface area contributed by atoms with Gasteiger partial charge >= 0.3 is 6.03 Å². The van der Waals surface area contributed by atoms with Crippen molar-refractivity contribution in [3.05, 3.63) is 24.5 Å². The summed E-state index contributed by atoms with van der Waals surface area (Å²) in [6, 6.07) is 3.15. The van der Waals surface area contributed by atoms with Crippen molar-refractivity contribution in [3.8, 4) is 0 Å². The number of nitrogens with one attached hydrogen (secondary N) is 1. The highest BCUT2D eigenvalue weighted by molar-refractivity contribution is 5.88. The van der Waals surface area contributed by atoms with Crippen LogP contribution in [0.4, 0.5) is 10.5 Å². The Bertz CT molecular complexity index is 276. The molecule has 0 spiro atoms. The zero-order valence-corrected chi connectivity index (χ0v) is 7.52. The number of amides is 2. The van der Waals surface area contributed by atoms with Crippen LogP contribution in [0.15, 0.2) is 24.5 Å². The van der Waals surface area contributed by atoms with Gasteiger partial charge in [0, 0.05) is 13.2 Å². The molecule has 0 aliphatic heterocycles. The molecule has 5 nitrogen and oxygen atoms in total. The predicted molar refractivity (Wildman–Crippen MR) is 48.0 cm³/mol. The number of aromatic nitrogens is 1. The second-order valence-electron chi connectivity index (χ2n) is 2.35. The van der Waals surface area contributed by atoms with E-state index in [0.717, 1.165) is 5.06 Å². The molecule has 0 atom stereocenters. The van der Waals surface area contributed by atoms with Crippen molar-refractivity contribution >= 4 is 11.7 Å². The lowest BCUT2D eigenvalue weighted by molar-refractivity contribution is -0.0598. The van der Waals surface area contributed by atoms with Crippen molar-refractivity contribution < 1.29 is 9.63 Å². The van der Waals surface area contributed by atoms with Gasteiger partial charge in [-0.05, 0) is 12.1 Å². The van der Waals surface area contributed by atoms with E-state index >= 15 is 0 Å². The molecule has 0 aromatic carbocycles. The highest BCUT2D eigenvalue weighted by Crippen LogP contribution is 2.03. The van der Waals surface area contributed by atoms with Gasteiger partial charge < -0.3 is 5.32 Å². The fourth-order valence-electron chi connectivity index (χ4n) is 0.722. The number of carbonyl (C=O) groups is 1. The van der Waals surface area contributed by atoms with Crippen LogP contribution in [0.3, 0.4) is 0 Å². The summed E-state index contributed by atoms with van der Waals surface area (Å²) >= 11 is 0. The van der Waals surface area contributed by atoms with Crippen LogP contribution in [-0.2, 0) is 4.84 Å². The minimum absolute atomic E-state index is 0.337. The Morgan fingerprint density at radius 2 is 2.46 bits per heavy atom. The lowest BCUT2D eigenvalue weighted by atomic mass is 10.4. The zero-order chi connectivity index (χ0) is 9.68. The van der Waals surface area contributed by atoms with Crippen molar-refractivity contribution in [2.24, 2.45) is 0 Å². The van der Waals surface area contributed by atoms with Crippen molar-refractivity contribution in [3.63, 3.8) is 0 Å². The summed E-state index contributed by atoms with van der Waals surface area (Å²) in [4.78, 5) is 19.7. The second kappa shape index (κ2) is 4.42. The summed E-state index contributed by atoms with van der Waals surface area (Å²) < 4.78 is 0. The lowest BCUT2D eigenvalue weighted by Crippen LogP contribution is -2.30. The van der Waals surface area contributed by atoms with Gasteiger partial charge in [0.15, 0.2) is 0 Å². The molecule has 5 heteroatoms. The number of nitrogens with zero attached hydrogens (tertiary/aromatic N) is 2. The molecule has 0 aliphatic rings. The number of hydrogen-bond acceptors (Lipinski definition) is 3. The molecule has 0 bridgehead atoms. The van der Waals surface area contributed by atoms with Crippen LogP contribution in [0.1, 0.15) is 0 Å². The minimum Gasteiger partial charge on any atom is -0.305 e. The van der Waals surface area contributed by atoms with E-state index in [1.165, 1.54) is 14.2 Å². The number of hydrogen-bond donors (Lipinski definition) is 1. The predicted octanol–water partition coefficient (Wildman–Crippen LogP) is 1.11. The smallest absolute Gasteiger partial charge is 0.305 e. The summed E-state index contributed by atoms with van der Waals surface area (Å²) in [6.45, 7) is 0. The van der Waals surface area contributed by atoms with Gasteiger partial charge in [0.25, 0.3) is 0 Å². The number of rotatable bonds is 2. The Kier molecular flexibility index (Phi) is 3.22. The van der Waals surface area contributed by atoms with Crippen molar-refractivity contribution in [1.29, 1.82) is 0 Å². The van der Waals surface area contributed by atoms with Crippen molar-refractivity contribution in [2.45, 2.75) is 0 Å². The van der Waals surface area contributed by atoms with Crippen LogP contribution >= 0.6 is 0 Å². The fraction of sp³-hybridized carbons (Fsp3) is 0.250. The van der Waals surface area contributed by atoms with Crippen LogP contribution in [0.2, 0.25) is 0 Å². The molecule has 1 N–H and O–H groups in total. The molecule has 0 radical (unpaired) electrons. The summed E-state index contributed by atoms with van der Waals surface area (Å²) in [5.74, 6) is 0. The van der Waals surface area contributed by atoms with Gasteiger partial charge in [-0.25, -0.2) is 9.86 Å². The van der Waals surface area contributed by atoms with Gasteiger partial charge in [-0.3, -0.25) is 9.82 Å². The average Bonchev–Trinajstić information content (AvgIpc) is 2.18. The summed E-state index contributed by atoms with van der Waals surface area (Å²) in [7, 11) is 2.94. The molecule has 0 saturated heterocycles. The molecule has 1 rings (SSSR count). The standard InChI is InChI=1S/C8H11N3O2/c1-11(13-2)8(12)10-7-4-3-5-9-6-7/h3-6H,1-2H3,(H,10,12). The molecule has 0 fully saturated rings. The largest absolute Gasteiger partial charge is 0.345 e. The zero-order valence-electron chi connectivity index (χ0n) is 7.52. The lowest BCUT2D eigenvalue weighted by Gasteiger charge is -2.13. The monoisotopic (exact) mass is 181 g/mol. The van der Waals surface area contributed by atoms with E-state index in [9.17, 15) is 4.79 Å². The maximum absolute atomic E-state index is 11.2. The van der Waals surface area contributed by atoms with Crippen LogP contribution in [0, 0.1) is 0 Å². The van der Waals surface area contributed by atoms with Crippen LogP contribution in [0.25, 0.3) is 0 Å². The third kappa shape index (κ3) is 2.72. The van der Waals surface area contributed by atoms with Crippen molar-refractivity contribution in [2.75, 3.05) is 19.5 Å². The number of urea groups is 1. The Labute approximate surface area is 76.3 Å². The normalized spacial score (nSPS) is 9.38. The van der Waals surface area contributed by atoms with Gasteiger partial charge in [-0.1, -0.05) is 0 Å². The summed E-state index contributed by atoms with van der Waals surface area (Å²) in [6.07, 6.45) is 3.19. The van der Waals surface area contributed by atoms with Gasteiger partial charge in [0.05, 0.1) is 19.0 Å². The molecule has 0 aliphatic carbocycles. The molecule has 13 heavy (non-hydrogen) atoms. The van der Waals surface area contributed by atoms with E-state index in [1.807, 2.05) is 0 Å². The Balaban J connectivity index is 2.55. The maximum Gasteiger partial charge on any atom is 0.345 e. The van der Waals surface area contributed by atoms with E-state index in [0.29, 0.717) is 5.69 Å². The maximum atomic E-state index is 11.2. The van der Waals surface area contributed by atoms with Crippen LogP contribution in [-0.4, -0.2) is 30.2 Å². The fourth-order valence-corrected chi connectivity index (χ4v) is 0.722. The van der Waals surface area contributed by atoms with E-state index in [4.69, 9.17) is 0 Å². The summed E-state index contributed by atoms with van der Waals surface area (Å²) in [5, 5.41) is 3.68. The van der Waals surface area contributed by atoms with Gasteiger partial charge in [-0.2, -0.15) is 0 Å². The molecular formula is C8H11N3O2. The number of anilines is 1. The molecule has 1 aromatic rings. The van der Waals surface area contributed by atoms with E-state index in [2.05, 4.69) is 15.1 Å². The highest BCUT2D eigenvalue weighted by Gasteiger charge is 2.06. The van der Waals surface area contributed by atoms with E-state index in [-0.39, 0.29) is 6.03 Å². The number of hydroxylamine groups is 2. The highest BCUT2D eigenvalue weighted by atomic mass is 16.7. The van der Waals surface area contributed by atoms with Gasteiger partial charge in [0.2, 0.25) is 0 Å². The number of carbonyl (C=O) groups excluding carboxylic acids is 1. The molecule has 1 aromatic heterocycles. The second-order valence-corrected chi connectivity index (χ2v) is 2.35. The van der Waals surface area contributed by atoms with Crippen LogP contribution < -0.4 is 5.32 Å². The summed E-state index contributed by atoms with van der Waals surface area (Å²) in [5.41, 5.74) is 0.636. The molecule has 1 heterocycles. The van der Waals surface area contributed by atoms with E-state index in [1.54, 1.807) is 24.5 Å². The van der Waals surface area contributed by atoms with Gasteiger partial charge in [-0.15, -0.1) is 0 Å². The molecule has 0 unspecified atom stereocenters. The third-order valence-electron chi connectivity index (χ3n) is 1.47. The first kappa shape index (κ1) is 9.47. The Morgan fingerprint density at radius 3 is 3.00 bits per heavy atom.